The number of anilines is 2. The second kappa shape index (κ2) is 4.59. The highest BCUT2D eigenvalue weighted by Gasteiger charge is 2.11. The molecule has 5 N–H and O–H groups in total. The molecule has 0 saturated heterocycles. The smallest absolute Gasteiger partial charge is 0.255 e. The minimum Gasteiger partial charge on any atom is -0.399 e. The molecule has 0 radical (unpaired) electrons. The summed E-state index contributed by atoms with van der Waals surface area (Å²) in [7, 11) is 0. The van der Waals surface area contributed by atoms with Crippen LogP contribution in [0.3, 0.4) is 0 Å². The van der Waals surface area contributed by atoms with Gasteiger partial charge in [0.15, 0.2) is 0 Å². The number of hydrogen-bond donors (Lipinski definition) is 3. The van der Waals surface area contributed by atoms with Crippen LogP contribution in [0.25, 0.3) is 0 Å². The summed E-state index contributed by atoms with van der Waals surface area (Å²) in [4.78, 5) is 11.3. The molecule has 1 amide bonds. The van der Waals surface area contributed by atoms with Crippen molar-refractivity contribution >= 4 is 17.3 Å². The van der Waals surface area contributed by atoms with Crippen molar-refractivity contribution in [1.82, 2.24) is 5.32 Å². The van der Waals surface area contributed by atoms with Gasteiger partial charge in [0.2, 0.25) is 0 Å². The Morgan fingerprint density at radius 2 is 2.07 bits per heavy atom. The molecule has 0 saturated carbocycles. The molecule has 0 heterocycles. The van der Waals surface area contributed by atoms with Crippen LogP contribution in [-0.2, 0) is 0 Å². The number of rotatable bonds is 3. The number of benzene rings is 1. The lowest BCUT2D eigenvalue weighted by Crippen LogP contribution is -2.29. The molecule has 0 unspecified atom stereocenters. The zero-order valence-electron chi connectivity index (χ0n) is 7.84. The first-order valence-corrected chi connectivity index (χ1v) is 4.22. The van der Waals surface area contributed by atoms with Crippen molar-refractivity contribution in [3.05, 3.63) is 23.8 Å². The number of halogens is 2. The minimum absolute atomic E-state index is 0.143. The van der Waals surface area contributed by atoms with Gasteiger partial charge in [-0.2, -0.15) is 0 Å². The van der Waals surface area contributed by atoms with Gasteiger partial charge in [0.05, 0.1) is 12.1 Å². The van der Waals surface area contributed by atoms with Gasteiger partial charge in [0, 0.05) is 11.4 Å². The van der Waals surface area contributed by atoms with E-state index in [1.54, 1.807) is 0 Å². The zero-order valence-corrected chi connectivity index (χ0v) is 7.84. The molecule has 0 aliphatic carbocycles. The summed E-state index contributed by atoms with van der Waals surface area (Å²) in [5.41, 5.74) is 11.6. The van der Waals surface area contributed by atoms with E-state index in [2.05, 4.69) is 0 Å². The van der Waals surface area contributed by atoms with Gasteiger partial charge in [-0.05, 0) is 18.2 Å². The third-order valence-electron chi connectivity index (χ3n) is 1.74. The number of amides is 1. The fraction of sp³-hybridized carbons (Fsp3) is 0.222. The summed E-state index contributed by atoms with van der Waals surface area (Å²) >= 11 is 0. The molecule has 0 aromatic heterocycles. The van der Waals surface area contributed by atoms with E-state index < -0.39 is 18.9 Å². The van der Waals surface area contributed by atoms with E-state index in [-0.39, 0.29) is 11.3 Å². The maximum atomic E-state index is 11.8. The van der Waals surface area contributed by atoms with E-state index in [9.17, 15) is 13.6 Å². The molecule has 0 aliphatic rings. The molecule has 0 fully saturated rings. The van der Waals surface area contributed by atoms with Gasteiger partial charge in [0.25, 0.3) is 12.3 Å². The predicted octanol–water partition coefficient (Wildman–Crippen LogP) is 0.846. The Morgan fingerprint density at radius 1 is 1.40 bits per heavy atom. The standard InChI is InChI=1S/C9H11F2N3O/c10-8(11)4-14-9(15)6-2-1-5(12)3-7(6)13/h1-3,8H,4,12-13H2,(H,14,15). The molecular weight excluding hydrogens is 204 g/mol. The second-order valence-electron chi connectivity index (χ2n) is 2.95. The van der Waals surface area contributed by atoms with Crippen LogP contribution in [0.2, 0.25) is 0 Å². The van der Waals surface area contributed by atoms with E-state index in [0.717, 1.165) is 0 Å². The zero-order chi connectivity index (χ0) is 11.4. The first-order chi connectivity index (χ1) is 7.00. The van der Waals surface area contributed by atoms with Crippen molar-refractivity contribution in [2.75, 3.05) is 18.0 Å². The fourth-order valence-electron chi connectivity index (χ4n) is 1.05. The third kappa shape index (κ3) is 3.08. The molecular formula is C9H11F2N3O. The normalized spacial score (nSPS) is 10.3. The number of nitrogens with two attached hydrogens (primary N) is 2. The SMILES string of the molecule is Nc1ccc(C(=O)NCC(F)F)c(N)c1. The Labute approximate surface area is 85.2 Å². The average Bonchev–Trinajstić information content (AvgIpc) is 2.14. The Kier molecular flexibility index (Phi) is 3.43. The molecule has 6 heteroatoms. The first-order valence-electron chi connectivity index (χ1n) is 4.22. The molecule has 15 heavy (non-hydrogen) atoms. The van der Waals surface area contributed by atoms with E-state index in [1.807, 2.05) is 5.32 Å². The summed E-state index contributed by atoms with van der Waals surface area (Å²) < 4.78 is 23.6. The van der Waals surface area contributed by atoms with Crippen LogP contribution in [0.15, 0.2) is 18.2 Å². The van der Waals surface area contributed by atoms with Gasteiger partial charge < -0.3 is 16.8 Å². The lowest BCUT2D eigenvalue weighted by Gasteiger charge is -2.07. The summed E-state index contributed by atoms with van der Waals surface area (Å²) in [5.74, 6) is -0.632. The number of hydrogen-bond acceptors (Lipinski definition) is 3. The Bertz CT molecular complexity index is 368. The summed E-state index contributed by atoms with van der Waals surface area (Å²) in [6.07, 6.45) is -2.58. The monoisotopic (exact) mass is 215 g/mol. The predicted molar refractivity (Wildman–Crippen MR) is 53.6 cm³/mol. The summed E-state index contributed by atoms with van der Waals surface area (Å²) in [5, 5.41) is 2.05. The van der Waals surface area contributed by atoms with Crippen molar-refractivity contribution in [1.29, 1.82) is 0 Å². The largest absolute Gasteiger partial charge is 0.399 e. The highest BCUT2D eigenvalue weighted by atomic mass is 19.3. The Balaban J connectivity index is 2.74. The molecule has 0 spiro atoms. The van der Waals surface area contributed by atoms with Gasteiger partial charge in [-0.15, -0.1) is 0 Å². The van der Waals surface area contributed by atoms with Gasteiger partial charge in [-0.3, -0.25) is 4.79 Å². The first kappa shape index (κ1) is 11.2. The van der Waals surface area contributed by atoms with Crippen LogP contribution in [0.5, 0.6) is 0 Å². The second-order valence-corrected chi connectivity index (χ2v) is 2.95. The molecule has 82 valence electrons. The number of alkyl halides is 2. The van der Waals surface area contributed by atoms with E-state index in [1.165, 1.54) is 18.2 Å². The maximum Gasteiger partial charge on any atom is 0.255 e. The molecule has 1 rings (SSSR count). The Hall–Kier alpha value is -1.85. The van der Waals surface area contributed by atoms with E-state index in [0.29, 0.717) is 5.69 Å². The van der Waals surface area contributed by atoms with Crippen molar-refractivity contribution < 1.29 is 13.6 Å². The quantitative estimate of drug-likeness (QED) is 0.653. The molecule has 0 aliphatic heterocycles. The Morgan fingerprint density at radius 3 is 2.60 bits per heavy atom. The van der Waals surface area contributed by atoms with Crippen molar-refractivity contribution in [3.63, 3.8) is 0 Å². The van der Waals surface area contributed by atoms with E-state index >= 15 is 0 Å². The molecule has 0 bridgehead atoms. The fourth-order valence-corrected chi connectivity index (χ4v) is 1.05. The number of nitrogens with one attached hydrogen (secondary N) is 1. The van der Waals surface area contributed by atoms with Gasteiger partial charge in [0.1, 0.15) is 0 Å². The third-order valence-corrected chi connectivity index (χ3v) is 1.74. The van der Waals surface area contributed by atoms with Crippen molar-refractivity contribution in [2.24, 2.45) is 0 Å². The van der Waals surface area contributed by atoms with Gasteiger partial charge in [-0.1, -0.05) is 0 Å². The number of carbonyl (C=O) groups excluding carboxylic acids is 1. The van der Waals surface area contributed by atoms with Gasteiger partial charge in [-0.25, -0.2) is 8.78 Å². The maximum absolute atomic E-state index is 11.8. The van der Waals surface area contributed by atoms with Crippen LogP contribution in [0, 0.1) is 0 Å². The molecule has 1 aromatic carbocycles. The van der Waals surface area contributed by atoms with Crippen LogP contribution in [0.4, 0.5) is 20.2 Å². The lowest BCUT2D eigenvalue weighted by atomic mass is 10.1. The minimum atomic E-state index is -2.58. The molecule has 1 aromatic rings. The lowest BCUT2D eigenvalue weighted by molar-refractivity contribution is 0.0892. The molecule has 4 nitrogen and oxygen atoms in total. The van der Waals surface area contributed by atoms with Crippen molar-refractivity contribution in [2.45, 2.75) is 6.43 Å². The van der Waals surface area contributed by atoms with Crippen LogP contribution >= 0.6 is 0 Å². The molecule has 0 atom stereocenters. The highest BCUT2D eigenvalue weighted by molar-refractivity contribution is 5.99. The topological polar surface area (TPSA) is 81.1 Å². The highest BCUT2D eigenvalue weighted by Crippen LogP contribution is 2.15. The summed E-state index contributed by atoms with van der Waals surface area (Å²) in [6.45, 7) is -0.692. The van der Waals surface area contributed by atoms with Gasteiger partial charge >= 0.3 is 0 Å². The van der Waals surface area contributed by atoms with Crippen molar-refractivity contribution in [3.8, 4) is 0 Å². The van der Waals surface area contributed by atoms with Crippen LogP contribution < -0.4 is 16.8 Å². The average molecular weight is 215 g/mol. The number of carbonyl (C=O) groups is 1. The number of nitrogen functional groups attached to an aromatic ring is 2. The van der Waals surface area contributed by atoms with Crippen LogP contribution in [-0.4, -0.2) is 18.9 Å². The van der Waals surface area contributed by atoms with E-state index in [4.69, 9.17) is 11.5 Å². The van der Waals surface area contributed by atoms with Crippen LogP contribution in [0.1, 0.15) is 10.4 Å². The summed E-state index contributed by atoms with van der Waals surface area (Å²) in [6, 6.07) is 4.27.